The van der Waals surface area contributed by atoms with E-state index in [0.29, 0.717) is 6.10 Å². The molecule has 1 N–H and O–H groups in total. The van der Waals surface area contributed by atoms with Crippen molar-refractivity contribution in [3.05, 3.63) is 0 Å². The molecule has 0 aromatic heterocycles. The van der Waals surface area contributed by atoms with Crippen LogP contribution >= 0.6 is 0 Å². The second kappa shape index (κ2) is 10.1. The number of nitrogens with one attached hydrogen (secondary N) is 1. The lowest BCUT2D eigenvalue weighted by Crippen LogP contribution is -2.32. The maximum Gasteiger partial charge on any atom is 0.0518 e. The molecular formula is C13H30N2O. The largest absolute Gasteiger partial charge is 0.379 e. The van der Waals surface area contributed by atoms with Crippen molar-refractivity contribution in [3.63, 3.8) is 0 Å². The molecule has 0 fully saturated rings. The van der Waals surface area contributed by atoms with Crippen LogP contribution in [0.25, 0.3) is 0 Å². The van der Waals surface area contributed by atoms with E-state index in [0.717, 1.165) is 38.6 Å². The minimum atomic E-state index is 0.358. The first-order chi connectivity index (χ1) is 7.52. The Hall–Kier alpha value is -0.120. The first-order valence-corrected chi connectivity index (χ1v) is 6.53. The SMILES string of the molecule is CC(C)CN(C)CCNCCCOC(C)C. The van der Waals surface area contributed by atoms with E-state index in [9.17, 15) is 0 Å². The van der Waals surface area contributed by atoms with E-state index in [1.807, 2.05) is 0 Å². The molecular weight excluding hydrogens is 200 g/mol. The van der Waals surface area contributed by atoms with Gasteiger partial charge in [-0.3, -0.25) is 0 Å². The molecule has 0 bridgehead atoms. The van der Waals surface area contributed by atoms with Crippen molar-refractivity contribution in [2.75, 3.05) is 39.8 Å². The molecule has 0 radical (unpaired) electrons. The van der Waals surface area contributed by atoms with Gasteiger partial charge >= 0.3 is 0 Å². The van der Waals surface area contributed by atoms with Crippen molar-refractivity contribution in [3.8, 4) is 0 Å². The van der Waals surface area contributed by atoms with Crippen LogP contribution < -0.4 is 5.32 Å². The highest BCUT2D eigenvalue weighted by molar-refractivity contribution is 4.57. The predicted octanol–water partition coefficient (Wildman–Crippen LogP) is 1.98. The fourth-order valence-electron chi connectivity index (χ4n) is 1.63. The summed E-state index contributed by atoms with van der Waals surface area (Å²) in [5.41, 5.74) is 0. The molecule has 0 amide bonds. The van der Waals surface area contributed by atoms with E-state index in [1.165, 1.54) is 6.54 Å². The molecule has 3 nitrogen and oxygen atoms in total. The molecule has 0 spiro atoms. The highest BCUT2D eigenvalue weighted by Crippen LogP contribution is 1.94. The standard InChI is InChI=1S/C13H30N2O/c1-12(2)11-15(5)9-8-14-7-6-10-16-13(3)4/h12-14H,6-11H2,1-5H3. The first kappa shape index (κ1) is 15.9. The molecule has 0 unspecified atom stereocenters. The molecule has 0 aliphatic carbocycles. The molecule has 0 aromatic carbocycles. The lowest BCUT2D eigenvalue weighted by molar-refractivity contribution is 0.0770. The van der Waals surface area contributed by atoms with Gasteiger partial charge in [-0.1, -0.05) is 13.8 Å². The van der Waals surface area contributed by atoms with E-state index in [4.69, 9.17) is 4.74 Å². The Kier molecular flexibility index (Phi) is 9.99. The Morgan fingerprint density at radius 1 is 1.12 bits per heavy atom. The van der Waals surface area contributed by atoms with Gasteiger partial charge in [0, 0.05) is 26.2 Å². The quantitative estimate of drug-likeness (QED) is 0.581. The Morgan fingerprint density at radius 3 is 2.38 bits per heavy atom. The highest BCUT2D eigenvalue weighted by Gasteiger charge is 2.00. The van der Waals surface area contributed by atoms with Crippen LogP contribution in [0.3, 0.4) is 0 Å². The zero-order valence-electron chi connectivity index (χ0n) is 11.8. The molecule has 0 saturated carbocycles. The van der Waals surface area contributed by atoms with E-state index in [-0.39, 0.29) is 0 Å². The normalized spacial score (nSPS) is 12.0. The molecule has 0 heterocycles. The van der Waals surface area contributed by atoms with Gasteiger partial charge in [0.15, 0.2) is 0 Å². The summed E-state index contributed by atoms with van der Waals surface area (Å²) in [4.78, 5) is 2.38. The molecule has 0 aromatic rings. The molecule has 0 aliphatic heterocycles. The Labute approximate surface area is 102 Å². The fraction of sp³-hybridized carbons (Fsp3) is 1.00. The maximum absolute atomic E-state index is 5.47. The highest BCUT2D eigenvalue weighted by atomic mass is 16.5. The second-order valence-corrected chi connectivity index (χ2v) is 5.18. The monoisotopic (exact) mass is 230 g/mol. The van der Waals surface area contributed by atoms with Crippen molar-refractivity contribution in [2.45, 2.75) is 40.2 Å². The van der Waals surface area contributed by atoms with Crippen LogP contribution in [-0.2, 0) is 4.74 Å². The van der Waals surface area contributed by atoms with Gasteiger partial charge in [0.2, 0.25) is 0 Å². The van der Waals surface area contributed by atoms with Gasteiger partial charge in [0.1, 0.15) is 0 Å². The van der Waals surface area contributed by atoms with Gasteiger partial charge in [0.05, 0.1) is 6.10 Å². The average molecular weight is 230 g/mol. The summed E-state index contributed by atoms with van der Waals surface area (Å²) < 4.78 is 5.47. The zero-order valence-corrected chi connectivity index (χ0v) is 11.8. The Balaban J connectivity index is 3.14. The van der Waals surface area contributed by atoms with Crippen molar-refractivity contribution in [1.29, 1.82) is 0 Å². The van der Waals surface area contributed by atoms with Gasteiger partial charge in [-0.2, -0.15) is 0 Å². The fourth-order valence-corrected chi connectivity index (χ4v) is 1.63. The minimum Gasteiger partial charge on any atom is -0.379 e. The van der Waals surface area contributed by atoms with E-state index in [2.05, 4.69) is 45.0 Å². The molecule has 3 heteroatoms. The van der Waals surface area contributed by atoms with Crippen LogP contribution in [0, 0.1) is 5.92 Å². The molecule has 0 aliphatic rings. The molecule has 98 valence electrons. The smallest absolute Gasteiger partial charge is 0.0518 e. The van der Waals surface area contributed by atoms with Crippen molar-refractivity contribution in [1.82, 2.24) is 10.2 Å². The second-order valence-electron chi connectivity index (χ2n) is 5.18. The molecule has 16 heavy (non-hydrogen) atoms. The van der Waals surface area contributed by atoms with E-state index < -0.39 is 0 Å². The number of hydrogen-bond donors (Lipinski definition) is 1. The molecule has 0 atom stereocenters. The van der Waals surface area contributed by atoms with Crippen LogP contribution in [0.1, 0.15) is 34.1 Å². The van der Waals surface area contributed by atoms with Gasteiger partial charge in [0.25, 0.3) is 0 Å². The minimum absolute atomic E-state index is 0.358. The van der Waals surface area contributed by atoms with Crippen LogP contribution in [0.2, 0.25) is 0 Å². The third-order valence-electron chi connectivity index (χ3n) is 2.30. The van der Waals surface area contributed by atoms with Crippen LogP contribution in [0.4, 0.5) is 0 Å². The third-order valence-corrected chi connectivity index (χ3v) is 2.30. The molecule has 0 rings (SSSR count). The van der Waals surface area contributed by atoms with Crippen molar-refractivity contribution < 1.29 is 4.74 Å². The lowest BCUT2D eigenvalue weighted by Gasteiger charge is -2.19. The van der Waals surface area contributed by atoms with Gasteiger partial charge in [-0.05, 0) is 39.8 Å². The van der Waals surface area contributed by atoms with Gasteiger partial charge in [-0.25, -0.2) is 0 Å². The van der Waals surface area contributed by atoms with Crippen molar-refractivity contribution in [2.24, 2.45) is 5.92 Å². The van der Waals surface area contributed by atoms with Crippen molar-refractivity contribution >= 4 is 0 Å². The molecule has 0 saturated heterocycles. The van der Waals surface area contributed by atoms with Crippen LogP contribution in [0.15, 0.2) is 0 Å². The first-order valence-electron chi connectivity index (χ1n) is 6.53. The average Bonchev–Trinajstić information content (AvgIpc) is 2.14. The summed E-state index contributed by atoms with van der Waals surface area (Å²) in [6.07, 6.45) is 1.46. The zero-order chi connectivity index (χ0) is 12.4. The van der Waals surface area contributed by atoms with E-state index in [1.54, 1.807) is 0 Å². The number of ether oxygens (including phenoxy) is 1. The topological polar surface area (TPSA) is 24.5 Å². The Bertz CT molecular complexity index is 149. The number of likely N-dealkylation sites (N-methyl/N-ethyl adjacent to an activating group) is 1. The Morgan fingerprint density at radius 2 is 1.81 bits per heavy atom. The summed E-state index contributed by atoms with van der Waals surface area (Å²) in [7, 11) is 2.18. The summed E-state index contributed by atoms with van der Waals surface area (Å²) in [6.45, 7) is 14.0. The predicted molar refractivity (Wildman–Crippen MR) is 70.9 cm³/mol. The number of nitrogens with zero attached hydrogens (tertiary/aromatic N) is 1. The van der Waals surface area contributed by atoms with Gasteiger partial charge in [-0.15, -0.1) is 0 Å². The lowest BCUT2D eigenvalue weighted by atomic mass is 10.2. The van der Waals surface area contributed by atoms with Crippen LogP contribution in [-0.4, -0.2) is 50.8 Å². The summed E-state index contributed by atoms with van der Waals surface area (Å²) in [5, 5.41) is 3.44. The maximum atomic E-state index is 5.47. The van der Waals surface area contributed by atoms with E-state index >= 15 is 0 Å². The third kappa shape index (κ3) is 12.0. The summed E-state index contributed by atoms with van der Waals surface area (Å²) in [5.74, 6) is 0.754. The number of hydrogen-bond acceptors (Lipinski definition) is 3. The van der Waals surface area contributed by atoms with Crippen LogP contribution in [0.5, 0.6) is 0 Å². The summed E-state index contributed by atoms with van der Waals surface area (Å²) >= 11 is 0. The van der Waals surface area contributed by atoms with Gasteiger partial charge < -0.3 is 15.0 Å². The summed E-state index contributed by atoms with van der Waals surface area (Å²) in [6, 6.07) is 0. The number of rotatable bonds is 10.